The van der Waals surface area contributed by atoms with Crippen molar-refractivity contribution in [2.24, 2.45) is 0 Å². The van der Waals surface area contributed by atoms with Gasteiger partial charge in [0.15, 0.2) is 6.61 Å². The second-order valence-electron chi connectivity index (χ2n) is 7.63. The molecule has 1 heterocycles. The van der Waals surface area contributed by atoms with Gasteiger partial charge < -0.3 is 14.5 Å². The molecule has 1 atom stereocenters. The molecule has 166 valence electrons. The van der Waals surface area contributed by atoms with E-state index >= 15 is 0 Å². The van der Waals surface area contributed by atoms with E-state index in [-0.39, 0.29) is 42.6 Å². The summed E-state index contributed by atoms with van der Waals surface area (Å²) in [5.74, 6) is -0.395. The molecule has 0 radical (unpaired) electrons. The first-order valence-electron chi connectivity index (χ1n) is 10.2. The van der Waals surface area contributed by atoms with E-state index in [0.29, 0.717) is 31.9 Å². The number of rotatable bonds is 7. The zero-order valence-corrected chi connectivity index (χ0v) is 17.8. The monoisotopic (exact) mass is 431 g/mol. The van der Waals surface area contributed by atoms with E-state index in [1.165, 1.54) is 36.4 Å². The zero-order valence-electron chi connectivity index (χ0n) is 17.8. The lowest BCUT2D eigenvalue weighted by atomic mass is 10.1. The maximum absolute atomic E-state index is 13.1. The van der Waals surface area contributed by atoms with Crippen LogP contribution in [-0.2, 0) is 9.59 Å². The maximum atomic E-state index is 13.1. The molecule has 2 aromatic rings. The van der Waals surface area contributed by atoms with Gasteiger partial charge in [0.1, 0.15) is 17.4 Å². The molecular weight excluding hydrogens is 404 g/mol. The molecule has 2 aromatic carbocycles. The number of carbonyl (C=O) groups is 2. The van der Waals surface area contributed by atoms with Gasteiger partial charge in [-0.05, 0) is 48.9 Å². The predicted molar refractivity (Wildman–Crippen MR) is 113 cm³/mol. The van der Waals surface area contributed by atoms with E-state index in [1.807, 2.05) is 11.8 Å². The average molecular weight is 431 g/mol. The summed E-state index contributed by atoms with van der Waals surface area (Å²) in [6.45, 7) is 4.26. The molecule has 0 saturated carbocycles. The largest absolute Gasteiger partial charge is 0.484 e. The summed E-state index contributed by atoms with van der Waals surface area (Å²) in [4.78, 5) is 30.4. The standard InChI is InChI=1S/C23H27F2N3O3/c1-17(18-3-5-19(24)6-4-18)26(2)22(29)15-27-11-13-28(14-12-27)23(30)16-31-21-9-7-20(25)8-10-21/h3-10,17H,11-16H2,1-2H3. The Kier molecular flexibility index (Phi) is 7.57. The van der Waals surface area contributed by atoms with Crippen LogP contribution in [0, 0.1) is 11.6 Å². The molecule has 3 rings (SSSR count). The molecule has 0 bridgehead atoms. The second kappa shape index (κ2) is 10.3. The van der Waals surface area contributed by atoms with E-state index in [1.54, 1.807) is 29.0 Å². The number of likely N-dealkylation sites (N-methyl/N-ethyl adjacent to an activating group) is 1. The zero-order chi connectivity index (χ0) is 22.4. The third-order valence-electron chi connectivity index (χ3n) is 5.59. The fourth-order valence-electron chi connectivity index (χ4n) is 3.41. The first-order valence-corrected chi connectivity index (χ1v) is 10.2. The lowest BCUT2D eigenvalue weighted by molar-refractivity contribution is -0.136. The summed E-state index contributed by atoms with van der Waals surface area (Å²) in [5.41, 5.74) is 0.869. The van der Waals surface area contributed by atoms with Crippen LogP contribution in [0.2, 0.25) is 0 Å². The van der Waals surface area contributed by atoms with E-state index in [4.69, 9.17) is 4.74 Å². The van der Waals surface area contributed by atoms with Crippen LogP contribution >= 0.6 is 0 Å². The van der Waals surface area contributed by atoms with Gasteiger partial charge in [0, 0.05) is 33.2 Å². The normalized spacial score (nSPS) is 15.4. The lowest BCUT2D eigenvalue weighted by Crippen LogP contribution is -2.52. The Balaban J connectivity index is 1.42. The summed E-state index contributed by atoms with van der Waals surface area (Å²) in [5, 5.41) is 0. The highest BCUT2D eigenvalue weighted by molar-refractivity contribution is 5.79. The number of hydrogen-bond acceptors (Lipinski definition) is 4. The molecule has 2 amide bonds. The maximum Gasteiger partial charge on any atom is 0.260 e. The Morgan fingerprint density at radius 3 is 2.10 bits per heavy atom. The molecular formula is C23H27F2N3O3. The molecule has 1 fully saturated rings. The highest BCUT2D eigenvalue weighted by atomic mass is 19.1. The van der Waals surface area contributed by atoms with Gasteiger partial charge >= 0.3 is 0 Å². The van der Waals surface area contributed by atoms with Crippen molar-refractivity contribution in [1.82, 2.24) is 14.7 Å². The van der Waals surface area contributed by atoms with Crippen molar-refractivity contribution < 1.29 is 23.1 Å². The number of carbonyl (C=O) groups excluding carboxylic acids is 2. The van der Waals surface area contributed by atoms with Crippen LogP contribution in [0.4, 0.5) is 8.78 Å². The lowest BCUT2D eigenvalue weighted by Gasteiger charge is -2.35. The minimum absolute atomic E-state index is 0.0313. The van der Waals surface area contributed by atoms with Gasteiger partial charge in [-0.15, -0.1) is 0 Å². The van der Waals surface area contributed by atoms with Crippen molar-refractivity contribution >= 4 is 11.8 Å². The van der Waals surface area contributed by atoms with Gasteiger partial charge in [-0.1, -0.05) is 12.1 Å². The molecule has 1 aliphatic heterocycles. The van der Waals surface area contributed by atoms with Crippen molar-refractivity contribution in [3.63, 3.8) is 0 Å². The van der Waals surface area contributed by atoms with Gasteiger partial charge in [-0.25, -0.2) is 8.78 Å². The summed E-state index contributed by atoms with van der Waals surface area (Å²) in [6.07, 6.45) is 0. The van der Waals surface area contributed by atoms with Crippen LogP contribution < -0.4 is 4.74 Å². The smallest absolute Gasteiger partial charge is 0.260 e. The molecule has 31 heavy (non-hydrogen) atoms. The number of nitrogens with zero attached hydrogens (tertiary/aromatic N) is 3. The topological polar surface area (TPSA) is 53.1 Å². The average Bonchev–Trinajstić information content (AvgIpc) is 2.78. The summed E-state index contributed by atoms with van der Waals surface area (Å²) in [6, 6.07) is 11.5. The molecule has 1 unspecified atom stereocenters. The Morgan fingerprint density at radius 1 is 0.968 bits per heavy atom. The van der Waals surface area contributed by atoms with E-state index in [2.05, 4.69) is 0 Å². The Morgan fingerprint density at radius 2 is 1.52 bits per heavy atom. The van der Waals surface area contributed by atoms with E-state index < -0.39 is 0 Å². The van der Waals surface area contributed by atoms with Gasteiger partial charge in [-0.2, -0.15) is 0 Å². The predicted octanol–water partition coefficient (Wildman–Crippen LogP) is 2.71. The molecule has 6 nitrogen and oxygen atoms in total. The molecule has 1 aliphatic rings. The molecule has 8 heteroatoms. The molecule has 0 aromatic heterocycles. The number of ether oxygens (including phenoxy) is 1. The number of hydrogen-bond donors (Lipinski definition) is 0. The van der Waals surface area contributed by atoms with Gasteiger partial charge in [0.25, 0.3) is 5.91 Å². The first kappa shape index (κ1) is 22.7. The second-order valence-corrected chi connectivity index (χ2v) is 7.63. The number of amides is 2. The summed E-state index contributed by atoms with van der Waals surface area (Å²) < 4.78 is 31.5. The van der Waals surface area contributed by atoms with Crippen LogP contribution in [0.15, 0.2) is 48.5 Å². The minimum atomic E-state index is -0.359. The van der Waals surface area contributed by atoms with Crippen molar-refractivity contribution in [3.8, 4) is 5.75 Å². The number of piperazine rings is 1. The van der Waals surface area contributed by atoms with E-state index in [0.717, 1.165) is 5.56 Å². The fraction of sp³-hybridized carbons (Fsp3) is 0.391. The number of halogens is 2. The van der Waals surface area contributed by atoms with Crippen molar-refractivity contribution in [2.45, 2.75) is 13.0 Å². The van der Waals surface area contributed by atoms with Crippen molar-refractivity contribution in [3.05, 3.63) is 65.7 Å². The fourth-order valence-corrected chi connectivity index (χ4v) is 3.41. The molecule has 0 aliphatic carbocycles. The highest BCUT2D eigenvalue weighted by Crippen LogP contribution is 2.19. The number of benzene rings is 2. The third-order valence-corrected chi connectivity index (χ3v) is 5.59. The molecule has 0 N–H and O–H groups in total. The van der Waals surface area contributed by atoms with E-state index in [9.17, 15) is 18.4 Å². The SMILES string of the molecule is CC(c1ccc(F)cc1)N(C)C(=O)CN1CCN(C(=O)COc2ccc(F)cc2)CC1. The highest BCUT2D eigenvalue weighted by Gasteiger charge is 2.25. The van der Waals surface area contributed by atoms with Crippen LogP contribution in [0.25, 0.3) is 0 Å². The van der Waals surface area contributed by atoms with Crippen LogP contribution in [0.1, 0.15) is 18.5 Å². The Hall–Kier alpha value is -3.00. The van der Waals surface area contributed by atoms with Crippen LogP contribution in [0.5, 0.6) is 5.75 Å². The third kappa shape index (κ3) is 6.24. The molecule has 0 spiro atoms. The summed E-state index contributed by atoms with van der Waals surface area (Å²) >= 11 is 0. The Labute approximate surface area is 181 Å². The van der Waals surface area contributed by atoms with Crippen molar-refractivity contribution in [2.75, 3.05) is 46.4 Å². The Bertz CT molecular complexity index is 882. The van der Waals surface area contributed by atoms with Crippen molar-refractivity contribution in [1.29, 1.82) is 0 Å². The van der Waals surface area contributed by atoms with Gasteiger partial charge in [0.2, 0.25) is 5.91 Å². The quantitative estimate of drug-likeness (QED) is 0.677. The van der Waals surface area contributed by atoms with Gasteiger partial charge in [-0.3, -0.25) is 14.5 Å². The van der Waals surface area contributed by atoms with Crippen LogP contribution in [0.3, 0.4) is 0 Å². The first-order chi connectivity index (χ1) is 14.8. The molecule has 1 saturated heterocycles. The van der Waals surface area contributed by atoms with Gasteiger partial charge in [0.05, 0.1) is 12.6 Å². The summed E-state index contributed by atoms with van der Waals surface area (Å²) in [7, 11) is 1.74. The van der Waals surface area contributed by atoms with Crippen LogP contribution in [-0.4, -0.2) is 72.9 Å². The minimum Gasteiger partial charge on any atom is -0.484 e.